The van der Waals surface area contributed by atoms with Gasteiger partial charge in [0.15, 0.2) is 0 Å². The van der Waals surface area contributed by atoms with Crippen LogP contribution in [0.15, 0.2) is 12.1 Å². The quantitative estimate of drug-likeness (QED) is 0.831. The maximum atomic E-state index is 9.95. The SMILES string of the molecule is COc1ccc(Cl)c(O)c1[C@@H]1COCCN1. The van der Waals surface area contributed by atoms with Crippen molar-refractivity contribution in [3.8, 4) is 11.5 Å². The number of phenolic OH excluding ortho intramolecular Hbond substituents is 1. The highest BCUT2D eigenvalue weighted by Crippen LogP contribution is 2.39. The van der Waals surface area contributed by atoms with Crippen molar-refractivity contribution in [3.63, 3.8) is 0 Å². The molecule has 0 amide bonds. The fourth-order valence-corrected chi connectivity index (χ4v) is 1.99. The van der Waals surface area contributed by atoms with Gasteiger partial charge in [0.05, 0.1) is 37.0 Å². The second-order valence-corrected chi connectivity index (χ2v) is 4.00. The molecule has 1 fully saturated rings. The lowest BCUT2D eigenvalue weighted by Crippen LogP contribution is -2.34. The topological polar surface area (TPSA) is 50.7 Å². The molecule has 0 aliphatic carbocycles. The van der Waals surface area contributed by atoms with Crippen LogP contribution in [0, 0.1) is 0 Å². The Morgan fingerprint density at radius 1 is 1.56 bits per heavy atom. The molecule has 0 spiro atoms. The lowest BCUT2D eigenvalue weighted by molar-refractivity contribution is 0.0752. The molecular weight excluding hydrogens is 230 g/mol. The summed E-state index contributed by atoms with van der Waals surface area (Å²) in [5, 5.41) is 13.5. The largest absolute Gasteiger partial charge is 0.506 e. The van der Waals surface area contributed by atoms with Crippen LogP contribution in [0.5, 0.6) is 11.5 Å². The van der Waals surface area contributed by atoms with Gasteiger partial charge in [-0.05, 0) is 12.1 Å². The molecule has 1 aromatic rings. The summed E-state index contributed by atoms with van der Waals surface area (Å²) in [6.45, 7) is 1.93. The Hall–Kier alpha value is -0.970. The summed E-state index contributed by atoms with van der Waals surface area (Å²) in [4.78, 5) is 0. The fourth-order valence-electron chi connectivity index (χ4n) is 1.83. The van der Waals surface area contributed by atoms with Gasteiger partial charge in [-0.3, -0.25) is 0 Å². The van der Waals surface area contributed by atoms with E-state index in [2.05, 4.69) is 5.32 Å². The zero-order valence-corrected chi connectivity index (χ0v) is 9.75. The molecule has 1 heterocycles. The monoisotopic (exact) mass is 243 g/mol. The number of hydrogen-bond donors (Lipinski definition) is 2. The van der Waals surface area contributed by atoms with Crippen LogP contribution >= 0.6 is 11.6 Å². The summed E-state index contributed by atoms with van der Waals surface area (Å²) in [6.07, 6.45) is 0. The van der Waals surface area contributed by atoms with E-state index < -0.39 is 0 Å². The molecule has 2 N–H and O–H groups in total. The van der Waals surface area contributed by atoms with Crippen LogP contribution in [0.25, 0.3) is 0 Å². The van der Waals surface area contributed by atoms with Crippen LogP contribution in [-0.4, -0.2) is 32.0 Å². The molecule has 4 nitrogen and oxygen atoms in total. The number of halogens is 1. The number of hydrogen-bond acceptors (Lipinski definition) is 4. The minimum absolute atomic E-state index is 0.0593. The van der Waals surface area contributed by atoms with Gasteiger partial charge in [0.25, 0.3) is 0 Å². The molecule has 0 radical (unpaired) electrons. The van der Waals surface area contributed by atoms with Crippen LogP contribution in [0.1, 0.15) is 11.6 Å². The number of morpholine rings is 1. The van der Waals surface area contributed by atoms with E-state index in [-0.39, 0.29) is 11.8 Å². The van der Waals surface area contributed by atoms with E-state index >= 15 is 0 Å². The lowest BCUT2D eigenvalue weighted by Gasteiger charge is -2.26. The number of methoxy groups -OCH3 is 1. The summed E-state index contributed by atoms with van der Waals surface area (Å²) in [6, 6.07) is 3.28. The minimum Gasteiger partial charge on any atom is -0.506 e. The highest BCUT2D eigenvalue weighted by atomic mass is 35.5. The van der Waals surface area contributed by atoms with Gasteiger partial charge in [0.1, 0.15) is 11.5 Å². The van der Waals surface area contributed by atoms with Crippen molar-refractivity contribution < 1.29 is 14.6 Å². The Balaban J connectivity index is 2.39. The number of nitrogens with one attached hydrogen (secondary N) is 1. The molecule has 0 unspecified atom stereocenters. The first kappa shape index (κ1) is 11.5. The van der Waals surface area contributed by atoms with Crippen LogP contribution in [-0.2, 0) is 4.74 Å². The molecule has 1 aliphatic rings. The molecule has 0 saturated carbocycles. The van der Waals surface area contributed by atoms with Crippen molar-refractivity contribution in [1.82, 2.24) is 5.32 Å². The summed E-state index contributed by atoms with van der Waals surface area (Å²) in [5.41, 5.74) is 0.662. The molecule has 2 rings (SSSR count). The number of phenols is 1. The fraction of sp³-hybridized carbons (Fsp3) is 0.455. The van der Waals surface area contributed by atoms with Crippen LogP contribution in [0.3, 0.4) is 0 Å². The van der Waals surface area contributed by atoms with Gasteiger partial charge in [0.2, 0.25) is 0 Å². The highest BCUT2D eigenvalue weighted by Gasteiger charge is 2.23. The average molecular weight is 244 g/mol. The second-order valence-electron chi connectivity index (χ2n) is 3.59. The standard InChI is InChI=1S/C11H14ClNO3/c1-15-9-3-2-7(12)11(14)10(9)8-6-16-5-4-13-8/h2-3,8,13-14H,4-6H2,1H3/t8-/m0/s1. The molecule has 0 aromatic heterocycles. The van der Waals surface area contributed by atoms with Gasteiger partial charge in [-0.15, -0.1) is 0 Å². The van der Waals surface area contributed by atoms with Crippen LogP contribution < -0.4 is 10.1 Å². The zero-order valence-electron chi connectivity index (χ0n) is 9.00. The van der Waals surface area contributed by atoms with E-state index in [9.17, 15) is 5.11 Å². The molecule has 1 aliphatic heterocycles. The number of aromatic hydroxyl groups is 1. The number of ether oxygens (including phenoxy) is 2. The predicted molar refractivity (Wildman–Crippen MR) is 61.2 cm³/mol. The molecule has 88 valence electrons. The Bertz CT molecular complexity index is 378. The van der Waals surface area contributed by atoms with E-state index in [0.29, 0.717) is 29.5 Å². The first-order chi connectivity index (χ1) is 7.74. The van der Waals surface area contributed by atoms with Crippen molar-refractivity contribution in [3.05, 3.63) is 22.7 Å². The zero-order chi connectivity index (χ0) is 11.5. The van der Waals surface area contributed by atoms with Gasteiger partial charge in [-0.2, -0.15) is 0 Å². The maximum Gasteiger partial charge on any atom is 0.142 e. The molecule has 1 atom stereocenters. The summed E-state index contributed by atoms with van der Waals surface area (Å²) >= 11 is 5.89. The third-order valence-corrected chi connectivity index (χ3v) is 2.92. The highest BCUT2D eigenvalue weighted by molar-refractivity contribution is 6.32. The van der Waals surface area contributed by atoms with Crippen molar-refractivity contribution in [2.45, 2.75) is 6.04 Å². The number of benzene rings is 1. The van der Waals surface area contributed by atoms with E-state index in [1.54, 1.807) is 19.2 Å². The van der Waals surface area contributed by atoms with Crippen molar-refractivity contribution >= 4 is 11.6 Å². The Labute approximate surface area is 99.1 Å². The minimum atomic E-state index is -0.0811. The van der Waals surface area contributed by atoms with E-state index in [1.807, 2.05) is 0 Å². The molecule has 0 bridgehead atoms. The van der Waals surface area contributed by atoms with Crippen LogP contribution in [0.4, 0.5) is 0 Å². The van der Waals surface area contributed by atoms with E-state index in [0.717, 1.165) is 6.54 Å². The first-order valence-electron chi connectivity index (χ1n) is 5.10. The third-order valence-electron chi connectivity index (χ3n) is 2.62. The second kappa shape index (κ2) is 4.91. The summed E-state index contributed by atoms with van der Waals surface area (Å²) in [7, 11) is 1.57. The Kier molecular flexibility index (Phi) is 3.53. The van der Waals surface area contributed by atoms with E-state index in [1.165, 1.54) is 0 Å². The van der Waals surface area contributed by atoms with E-state index in [4.69, 9.17) is 21.1 Å². The summed E-state index contributed by atoms with van der Waals surface area (Å²) in [5.74, 6) is 0.675. The maximum absolute atomic E-state index is 9.95. The third kappa shape index (κ3) is 2.09. The lowest BCUT2D eigenvalue weighted by atomic mass is 10.0. The van der Waals surface area contributed by atoms with Crippen LogP contribution in [0.2, 0.25) is 5.02 Å². The molecule has 1 aromatic carbocycles. The molecule has 1 saturated heterocycles. The predicted octanol–water partition coefficient (Wildman–Crippen LogP) is 1.72. The molecule has 16 heavy (non-hydrogen) atoms. The Morgan fingerprint density at radius 3 is 3.00 bits per heavy atom. The Morgan fingerprint density at radius 2 is 2.38 bits per heavy atom. The number of rotatable bonds is 2. The van der Waals surface area contributed by atoms with Crippen molar-refractivity contribution in [2.75, 3.05) is 26.9 Å². The average Bonchev–Trinajstić information content (AvgIpc) is 2.33. The van der Waals surface area contributed by atoms with Gasteiger partial charge in [0, 0.05) is 6.54 Å². The first-order valence-corrected chi connectivity index (χ1v) is 5.48. The van der Waals surface area contributed by atoms with Gasteiger partial charge >= 0.3 is 0 Å². The van der Waals surface area contributed by atoms with Crippen molar-refractivity contribution in [2.24, 2.45) is 0 Å². The van der Waals surface area contributed by atoms with Gasteiger partial charge in [-0.25, -0.2) is 0 Å². The molecular formula is C11H14ClNO3. The molecule has 5 heteroatoms. The van der Waals surface area contributed by atoms with Gasteiger partial charge < -0.3 is 19.9 Å². The summed E-state index contributed by atoms with van der Waals surface area (Å²) < 4.78 is 10.6. The van der Waals surface area contributed by atoms with Gasteiger partial charge in [-0.1, -0.05) is 11.6 Å². The van der Waals surface area contributed by atoms with Crippen molar-refractivity contribution in [1.29, 1.82) is 0 Å². The normalized spacial score (nSPS) is 20.8. The smallest absolute Gasteiger partial charge is 0.142 e.